The van der Waals surface area contributed by atoms with Gasteiger partial charge in [0.15, 0.2) is 5.13 Å². The molecule has 2 rings (SSSR count). The van der Waals surface area contributed by atoms with Crippen LogP contribution < -0.4 is 10.1 Å². The average molecular weight is 383 g/mol. The van der Waals surface area contributed by atoms with E-state index in [1.165, 1.54) is 11.3 Å². The second-order valence-electron chi connectivity index (χ2n) is 5.08. The highest BCUT2D eigenvalue weighted by molar-refractivity contribution is 7.13. The summed E-state index contributed by atoms with van der Waals surface area (Å²) in [4.78, 5) is 27.5. The van der Waals surface area contributed by atoms with E-state index in [4.69, 9.17) is 21.1 Å². The topological polar surface area (TPSA) is 77.5 Å². The van der Waals surface area contributed by atoms with Gasteiger partial charge in [0, 0.05) is 16.8 Å². The molecule has 0 fully saturated rings. The quantitative estimate of drug-likeness (QED) is 0.528. The van der Waals surface area contributed by atoms with E-state index in [-0.39, 0.29) is 18.3 Å². The van der Waals surface area contributed by atoms with E-state index in [0.29, 0.717) is 47.7 Å². The summed E-state index contributed by atoms with van der Waals surface area (Å²) in [5, 5.41) is 5.57. The molecule has 0 bridgehead atoms. The Kier molecular flexibility index (Phi) is 7.69. The van der Waals surface area contributed by atoms with Gasteiger partial charge < -0.3 is 14.8 Å². The predicted molar refractivity (Wildman–Crippen MR) is 97.3 cm³/mol. The molecule has 1 aromatic carbocycles. The molecule has 2 aromatic rings. The van der Waals surface area contributed by atoms with Crippen molar-refractivity contribution in [2.45, 2.75) is 26.2 Å². The van der Waals surface area contributed by atoms with E-state index in [1.807, 2.05) is 0 Å². The lowest BCUT2D eigenvalue weighted by molar-refractivity contribution is -0.142. The molecule has 25 heavy (non-hydrogen) atoms. The van der Waals surface area contributed by atoms with Gasteiger partial charge in [-0.05, 0) is 37.6 Å². The van der Waals surface area contributed by atoms with Gasteiger partial charge in [-0.1, -0.05) is 11.6 Å². The van der Waals surface area contributed by atoms with Gasteiger partial charge in [-0.25, -0.2) is 4.98 Å². The van der Waals surface area contributed by atoms with Crippen LogP contribution in [0.25, 0.3) is 0 Å². The molecule has 8 heteroatoms. The number of benzene rings is 1. The first-order valence-electron chi connectivity index (χ1n) is 7.85. The van der Waals surface area contributed by atoms with E-state index in [2.05, 4.69) is 10.3 Å². The molecular formula is C17H19ClN2O4S. The van der Waals surface area contributed by atoms with Crippen LogP contribution in [0.1, 0.15) is 25.5 Å². The number of halogens is 1. The molecule has 0 saturated carbocycles. The van der Waals surface area contributed by atoms with Gasteiger partial charge in [0.05, 0.1) is 25.3 Å². The third-order valence-corrected chi connectivity index (χ3v) is 4.12. The van der Waals surface area contributed by atoms with E-state index in [9.17, 15) is 9.59 Å². The van der Waals surface area contributed by atoms with Gasteiger partial charge >= 0.3 is 5.97 Å². The monoisotopic (exact) mass is 382 g/mol. The number of aromatic nitrogens is 1. The van der Waals surface area contributed by atoms with Crippen molar-refractivity contribution in [3.05, 3.63) is 40.4 Å². The summed E-state index contributed by atoms with van der Waals surface area (Å²) in [6.07, 6.45) is 1.01. The smallest absolute Gasteiger partial charge is 0.311 e. The lowest BCUT2D eigenvalue weighted by Gasteiger charge is -2.06. The van der Waals surface area contributed by atoms with Gasteiger partial charge in [0.1, 0.15) is 5.75 Å². The van der Waals surface area contributed by atoms with E-state index in [0.717, 1.165) is 0 Å². The van der Waals surface area contributed by atoms with Crippen LogP contribution in [-0.4, -0.2) is 30.1 Å². The molecule has 1 amide bonds. The number of nitrogens with one attached hydrogen (secondary N) is 1. The first kappa shape index (κ1) is 19.2. The minimum Gasteiger partial charge on any atom is -0.494 e. The molecule has 134 valence electrons. The Hall–Kier alpha value is -2.12. The van der Waals surface area contributed by atoms with Crippen molar-refractivity contribution in [3.8, 4) is 5.75 Å². The summed E-state index contributed by atoms with van der Waals surface area (Å²) in [5.74, 6) is 0.245. The summed E-state index contributed by atoms with van der Waals surface area (Å²) >= 11 is 7.08. The van der Waals surface area contributed by atoms with Gasteiger partial charge in [0.25, 0.3) is 0 Å². The number of anilines is 1. The highest BCUT2D eigenvalue weighted by atomic mass is 35.5. The highest BCUT2D eigenvalue weighted by Crippen LogP contribution is 2.17. The van der Waals surface area contributed by atoms with Crippen molar-refractivity contribution >= 4 is 39.9 Å². The second-order valence-corrected chi connectivity index (χ2v) is 6.37. The molecule has 0 unspecified atom stereocenters. The van der Waals surface area contributed by atoms with Crippen LogP contribution >= 0.6 is 22.9 Å². The molecule has 0 aliphatic heterocycles. The number of nitrogens with zero attached hydrogens (tertiary/aromatic N) is 1. The molecule has 0 aliphatic carbocycles. The van der Waals surface area contributed by atoms with Crippen LogP contribution in [0.15, 0.2) is 29.6 Å². The first-order chi connectivity index (χ1) is 12.1. The predicted octanol–water partition coefficient (Wildman–Crippen LogP) is 3.70. The molecule has 0 saturated heterocycles. The summed E-state index contributed by atoms with van der Waals surface area (Å²) in [6, 6.07) is 7.06. The summed E-state index contributed by atoms with van der Waals surface area (Å²) in [5.41, 5.74) is 0.588. The fourth-order valence-electron chi connectivity index (χ4n) is 1.94. The summed E-state index contributed by atoms with van der Waals surface area (Å²) < 4.78 is 10.4. The maximum absolute atomic E-state index is 11.9. The minimum atomic E-state index is -0.329. The van der Waals surface area contributed by atoms with Crippen LogP contribution in [0.5, 0.6) is 5.75 Å². The normalized spacial score (nSPS) is 10.3. The number of hydrogen-bond acceptors (Lipinski definition) is 6. The Balaban J connectivity index is 1.67. The van der Waals surface area contributed by atoms with Crippen LogP contribution in [0, 0.1) is 0 Å². The number of ether oxygens (including phenoxy) is 2. The van der Waals surface area contributed by atoms with Gasteiger partial charge in [-0.2, -0.15) is 0 Å². The van der Waals surface area contributed by atoms with Crippen molar-refractivity contribution in [3.63, 3.8) is 0 Å². The second kappa shape index (κ2) is 10.0. The zero-order valence-corrected chi connectivity index (χ0v) is 15.4. The third-order valence-electron chi connectivity index (χ3n) is 3.06. The molecule has 1 heterocycles. The maximum Gasteiger partial charge on any atom is 0.311 e. The van der Waals surface area contributed by atoms with Crippen LogP contribution in [0.3, 0.4) is 0 Å². The Morgan fingerprint density at radius 2 is 2.04 bits per heavy atom. The largest absolute Gasteiger partial charge is 0.494 e. The zero-order chi connectivity index (χ0) is 18.1. The van der Waals surface area contributed by atoms with Gasteiger partial charge in [-0.15, -0.1) is 11.3 Å². The van der Waals surface area contributed by atoms with Crippen molar-refractivity contribution in [1.29, 1.82) is 0 Å². The molecule has 1 aromatic heterocycles. The molecule has 0 atom stereocenters. The molecule has 0 radical (unpaired) electrons. The highest BCUT2D eigenvalue weighted by Gasteiger charge is 2.10. The number of amides is 1. The van der Waals surface area contributed by atoms with E-state index < -0.39 is 0 Å². The third kappa shape index (κ3) is 7.11. The Morgan fingerprint density at radius 1 is 1.28 bits per heavy atom. The SMILES string of the molecule is CCOC(=O)Cc1csc(NC(=O)CCCOc2ccc(Cl)cc2)n1. The summed E-state index contributed by atoms with van der Waals surface area (Å²) in [6.45, 7) is 2.52. The number of thiazole rings is 1. The van der Waals surface area contributed by atoms with Crippen molar-refractivity contribution in [1.82, 2.24) is 4.98 Å². The van der Waals surface area contributed by atoms with Crippen molar-refractivity contribution in [2.75, 3.05) is 18.5 Å². The van der Waals surface area contributed by atoms with E-state index in [1.54, 1.807) is 36.6 Å². The fourth-order valence-corrected chi connectivity index (χ4v) is 2.79. The minimum absolute atomic E-state index is 0.106. The van der Waals surface area contributed by atoms with Crippen LogP contribution in [-0.2, 0) is 20.7 Å². The fraction of sp³-hybridized carbons (Fsp3) is 0.353. The Labute approximate surface area is 155 Å². The first-order valence-corrected chi connectivity index (χ1v) is 9.11. The number of carbonyl (C=O) groups excluding carboxylic acids is 2. The number of esters is 1. The van der Waals surface area contributed by atoms with Crippen LogP contribution in [0.4, 0.5) is 5.13 Å². The number of hydrogen-bond donors (Lipinski definition) is 1. The number of carbonyl (C=O) groups is 2. The van der Waals surface area contributed by atoms with Gasteiger partial charge in [0.2, 0.25) is 5.91 Å². The molecule has 0 spiro atoms. The van der Waals surface area contributed by atoms with Crippen molar-refractivity contribution in [2.24, 2.45) is 0 Å². The standard InChI is InChI=1S/C17H19ClN2O4S/c1-2-23-16(22)10-13-11-25-17(19-13)20-15(21)4-3-9-24-14-7-5-12(18)6-8-14/h5-8,11H,2-4,9-10H2,1H3,(H,19,20,21). The number of rotatable bonds is 9. The summed E-state index contributed by atoms with van der Waals surface area (Å²) in [7, 11) is 0. The maximum atomic E-state index is 11.9. The van der Waals surface area contributed by atoms with Gasteiger partial charge in [-0.3, -0.25) is 9.59 Å². The molecule has 6 nitrogen and oxygen atoms in total. The lowest BCUT2D eigenvalue weighted by Crippen LogP contribution is -2.13. The lowest BCUT2D eigenvalue weighted by atomic mass is 10.3. The van der Waals surface area contributed by atoms with Crippen LogP contribution in [0.2, 0.25) is 5.02 Å². The van der Waals surface area contributed by atoms with Crippen molar-refractivity contribution < 1.29 is 19.1 Å². The molecular weight excluding hydrogens is 364 g/mol. The molecule has 1 N–H and O–H groups in total. The average Bonchev–Trinajstić information content (AvgIpc) is 3.00. The van der Waals surface area contributed by atoms with E-state index >= 15 is 0 Å². The Bertz CT molecular complexity index is 703. The molecule has 0 aliphatic rings. The Morgan fingerprint density at radius 3 is 2.76 bits per heavy atom. The zero-order valence-electron chi connectivity index (χ0n) is 13.8.